The summed E-state index contributed by atoms with van der Waals surface area (Å²) in [6.07, 6.45) is 4.50. The number of rotatable bonds is 1. The van der Waals surface area contributed by atoms with Gasteiger partial charge in [0.25, 0.3) is 0 Å². The first-order valence-electron chi connectivity index (χ1n) is 3.48. The van der Waals surface area contributed by atoms with Crippen LogP contribution in [0.2, 0.25) is 0 Å². The molecule has 1 aromatic heterocycles. The molecule has 1 aliphatic carbocycles. The van der Waals surface area contributed by atoms with Crippen LogP contribution in [0.4, 0.5) is 0 Å². The van der Waals surface area contributed by atoms with Gasteiger partial charge in [-0.25, -0.2) is 0 Å². The molecule has 52 valence electrons. The predicted octanol–water partition coefficient (Wildman–Crippen LogP) is 2.72. The highest BCUT2D eigenvalue weighted by atomic mass is 79.9. The molecule has 0 bridgehead atoms. The first-order chi connectivity index (χ1) is 4.86. The zero-order valence-corrected chi connectivity index (χ0v) is 7.13. The molecule has 10 heavy (non-hydrogen) atoms. The van der Waals surface area contributed by atoms with Gasteiger partial charge in [-0.1, -0.05) is 15.9 Å². The van der Waals surface area contributed by atoms with Crippen LogP contribution in [0.3, 0.4) is 0 Å². The van der Waals surface area contributed by atoms with E-state index in [0.29, 0.717) is 0 Å². The minimum absolute atomic E-state index is 0.762. The fourth-order valence-corrected chi connectivity index (χ4v) is 1.38. The Morgan fingerprint density at radius 2 is 2.30 bits per heavy atom. The van der Waals surface area contributed by atoms with E-state index in [2.05, 4.69) is 27.0 Å². The fraction of sp³-hybridized carbons (Fsp3) is 0.375. The number of hydrogen-bond donors (Lipinski definition) is 0. The van der Waals surface area contributed by atoms with Gasteiger partial charge in [-0.3, -0.25) is 4.98 Å². The molecule has 2 heteroatoms. The Labute approximate surface area is 68.6 Å². The minimum atomic E-state index is 0.762. The maximum absolute atomic E-state index is 4.27. The Kier molecular flexibility index (Phi) is 1.49. The third-order valence-electron chi connectivity index (χ3n) is 1.74. The van der Waals surface area contributed by atoms with Gasteiger partial charge in [0.2, 0.25) is 0 Å². The number of pyridine rings is 1. The van der Waals surface area contributed by atoms with E-state index in [1.54, 1.807) is 0 Å². The van der Waals surface area contributed by atoms with E-state index in [-0.39, 0.29) is 0 Å². The van der Waals surface area contributed by atoms with Gasteiger partial charge in [-0.15, -0.1) is 0 Å². The van der Waals surface area contributed by atoms with E-state index < -0.39 is 0 Å². The molecular formula is C8H8BrN. The first-order valence-corrected chi connectivity index (χ1v) is 4.27. The normalized spacial score (nSPS) is 17.3. The van der Waals surface area contributed by atoms with Crippen molar-refractivity contribution in [3.63, 3.8) is 0 Å². The second kappa shape index (κ2) is 2.35. The first kappa shape index (κ1) is 6.35. The van der Waals surface area contributed by atoms with Crippen LogP contribution in [0.25, 0.3) is 0 Å². The highest BCUT2D eigenvalue weighted by Gasteiger charge is 2.24. The molecule has 1 saturated carbocycles. The molecule has 0 radical (unpaired) electrons. The van der Waals surface area contributed by atoms with Gasteiger partial charge in [0.15, 0.2) is 0 Å². The predicted molar refractivity (Wildman–Crippen MR) is 43.9 cm³/mol. The molecular weight excluding hydrogens is 190 g/mol. The van der Waals surface area contributed by atoms with Crippen LogP contribution < -0.4 is 0 Å². The van der Waals surface area contributed by atoms with Crippen LogP contribution >= 0.6 is 15.9 Å². The lowest BCUT2D eigenvalue weighted by atomic mass is 10.3. The van der Waals surface area contributed by atoms with Crippen LogP contribution in [0, 0.1) is 0 Å². The summed E-state index contributed by atoms with van der Waals surface area (Å²) in [5.74, 6) is 0.762. The van der Waals surface area contributed by atoms with Crippen molar-refractivity contribution < 1.29 is 0 Å². The third kappa shape index (κ3) is 1.21. The zero-order chi connectivity index (χ0) is 6.97. The molecule has 2 rings (SSSR count). The van der Waals surface area contributed by atoms with Crippen molar-refractivity contribution in [1.29, 1.82) is 0 Å². The van der Waals surface area contributed by atoms with Crippen LogP contribution in [0.5, 0.6) is 0 Å². The minimum Gasteiger partial charge on any atom is -0.261 e. The quantitative estimate of drug-likeness (QED) is 0.675. The Morgan fingerprint density at radius 3 is 2.90 bits per heavy atom. The summed E-state index contributed by atoms with van der Waals surface area (Å²) in [5.41, 5.74) is 1.24. The Bertz CT molecular complexity index is 243. The van der Waals surface area contributed by atoms with Gasteiger partial charge in [0.05, 0.1) is 0 Å². The van der Waals surface area contributed by atoms with Crippen LogP contribution in [0.1, 0.15) is 24.5 Å². The monoisotopic (exact) mass is 197 g/mol. The zero-order valence-electron chi connectivity index (χ0n) is 5.55. The van der Waals surface area contributed by atoms with Gasteiger partial charge >= 0.3 is 0 Å². The largest absolute Gasteiger partial charge is 0.261 e. The molecule has 0 atom stereocenters. The Morgan fingerprint density at radius 1 is 1.50 bits per heavy atom. The molecule has 0 saturated heterocycles. The number of hydrogen-bond acceptors (Lipinski definition) is 1. The Balaban J connectivity index is 2.32. The average molecular weight is 198 g/mol. The second-order valence-corrected chi connectivity index (χ2v) is 3.59. The highest BCUT2D eigenvalue weighted by molar-refractivity contribution is 9.10. The van der Waals surface area contributed by atoms with Crippen LogP contribution in [0.15, 0.2) is 22.8 Å². The molecule has 0 aromatic carbocycles. The third-order valence-corrected chi connectivity index (χ3v) is 2.23. The molecule has 1 aromatic rings. The number of aromatic nitrogens is 1. The van der Waals surface area contributed by atoms with E-state index in [0.717, 1.165) is 10.4 Å². The van der Waals surface area contributed by atoms with Crippen molar-refractivity contribution >= 4 is 15.9 Å². The van der Waals surface area contributed by atoms with E-state index in [1.807, 2.05) is 12.3 Å². The van der Waals surface area contributed by atoms with Gasteiger partial charge in [0.1, 0.15) is 0 Å². The molecule has 1 nitrogen and oxygen atoms in total. The summed E-state index contributed by atoms with van der Waals surface area (Å²) in [7, 11) is 0. The van der Waals surface area contributed by atoms with E-state index in [1.165, 1.54) is 18.5 Å². The lowest BCUT2D eigenvalue weighted by molar-refractivity contribution is 1.02. The van der Waals surface area contributed by atoms with Crippen molar-refractivity contribution in [3.8, 4) is 0 Å². The van der Waals surface area contributed by atoms with Crippen LogP contribution in [-0.4, -0.2) is 4.98 Å². The van der Waals surface area contributed by atoms with Crippen molar-refractivity contribution in [2.45, 2.75) is 18.8 Å². The van der Waals surface area contributed by atoms with Crippen LogP contribution in [-0.2, 0) is 0 Å². The molecule has 0 N–H and O–H groups in total. The lowest BCUT2D eigenvalue weighted by Crippen LogP contribution is -1.83. The molecule has 1 aliphatic rings. The molecule has 0 amide bonds. The highest BCUT2D eigenvalue weighted by Crippen LogP contribution is 2.39. The summed E-state index contributed by atoms with van der Waals surface area (Å²) < 4.78 is 1.14. The smallest absolute Gasteiger partial charge is 0.0445 e. The summed E-state index contributed by atoms with van der Waals surface area (Å²) in [5, 5.41) is 0. The summed E-state index contributed by atoms with van der Waals surface area (Å²) in [4.78, 5) is 4.27. The second-order valence-electron chi connectivity index (χ2n) is 2.67. The van der Waals surface area contributed by atoms with E-state index >= 15 is 0 Å². The van der Waals surface area contributed by atoms with Gasteiger partial charge in [-0.2, -0.15) is 0 Å². The molecule has 0 spiro atoms. The van der Waals surface area contributed by atoms with Gasteiger partial charge in [-0.05, 0) is 25.0 Å². The molecule has 0 aliphatic heterocycles. The number of nitrogens with zero attached hydrogens (tertiary/aromatic N) is 1. The topological polar surface area (TPSA) is 12.9 Å². The SMILES string of the molecule is Brc1ccnc(C2CC2)c1. The maximum Gasteiger partial charge on any atom is 0.0445 e. The lowest BCUT2D eigenvalue weighted by Gasteiger charge is -1.94. The summed E-state index contributed by atoms with van der Waals surface area (Å²) in [6, 6.07) is 4.07. The van der Waals surface area contributed by atoms with E-state index in [9.17, 15) is 0 Å². The fourth-order valence-electron chi connectivity index (χ4n) is 1.02. The molecule has 1 fully saturated rings. The Hall–Kier alpha value is -0.370. The van der Waals surface area contributed by atoms with Gasteiger partial charge < -0.3 is 0 Å². The standard InChI is InChI=1S/C8H8BrN/c9-7-3-4-10-8(5-7)6-1-2-6/h3-6H,1-2H2. The van der Waals surface area contributed by atoms with Crippen molar-refractivity contribution in [2.24, 2.45) is 0 Å². The van der Waals surface area contributed by atoms with Crippen molar-refractivity contribution in [2.75, 3.05) is 0 Å². The summed E-state index contributed by atoms with van der Waals surface area (Å²) in [6.45, 7) is 0. The summed E-state index contributed by atoms with van der Waals surface area (Å²) >= 11 is 3.42. The van der Waals surface area contributed by atoms with E-state index in [4.69, 9.17) is 0 Å². The molecule has 0 unspecified atom stereocenters. The van der Waals surface area contributed by atoms with Gasteiger partial charge in [0, 0.05) is 22.3 Å². The molecule has 1 heterocycles. The maximum atomic E-state index is 4.27. The van der Waals surface area contributed by atoms with Crippen molar-refractivity contribution in [1.82, 2.24) is 4.98 Å². The average Bonchev–Trinajstić information content (AvgIpc) is 2.68. The van der Waals surface area contributed by atoms with Crippen molar-refractivity contribution in [3.05, 3.63) is 28.5 Å². The number of halogens is 1.